The van der Waals surface area contributed by atoms with E-state index in [0.717, 1.165) is 12.1 Å². The summed E-state index contributed by atoms with van der Waals surface area (Å²) in [6, 6.07) is 3.91. The van der Waals surface area contributed by atoms with Crippen molar-refractivity contribution in [1.82, 2.24) is 4.98 Å². The Labute approximate surface area is 84.3 Å². The molecule has 0 aliphatic heterocycles. The Balaban J connectivity index is 2.58. The maximum atomic E-state index is 5.70. The van der Waals surface area contributed by atoms with Crippen molar-refractivity contribution in [3.8, 4) is 0 Å². The quantitative estimate of drug-likeness (QED) is 0.753. The van der Waals surface area contributed by atoms with E-state index >= 15 is 0 Å². The first-order valence-electron chi connectivity index (χ1n) is 4.38. The van der Waals surface area contributed by atoms with Gasteiger partial charge < -0.3 is 5.32 Å². The lowest BCUT2D eigenvalue weighted by Crippen LogP contribution is -2.31. The second kappa shape index (κ2) is 4.47. The molecule has 2 nitrogen and oxygen atoms in total. The second-order valence-corrected chi connectivity index (χ2v) is 4.06. The molecule has 1 aromatic heterocycles. The van der Waals surface area contributed by atoms with Gasteiger partial charge in [0.15, 0.2) is 0 Å². The van der Waals surface area contributed by atoms with Crippen LogP contribution in [0.4, 0.5) is 5.69 Å². The first kappa shape index (κ1) is 10.3. The third-order valence-corrected chi connectivity index (χ3v) is 2.07. The topological polar surface area (TPSA) is 24.9 Å². The van der Waals surface area contributed by atoms with Crippen molar-refractivity contribution >= 4 is 17.3 Å². The SMILES string of the molecule is CC(C)(CCCl)Nc1ccncc1. The summed E-state index contributed by atoms with van der Waals surface area (Å²) in [5, 5.41) is 3.39. The Bertz CT molecular complexity index is 246. The van der Waals surface area contributed by atoms with E-state index < -0.39 is 0 Å². The standard InChI is InChI=1S/C10H15ClN2/c1-10(2,5-6-11)13-9-3-7-12-8-4-9/h3-4,7-8H,5-6H2,1-2H3,(H,12,13). The van der Waals surface area contributed by atoms with Crippen molar-refractivity contribution in [3.05, 3.63) is 24.5 Å². The predicted molar refractivity (Wildman–Crippen MR) is 57.3 cm³/mol. The Morgan fingerprint density at radius 2 is 2.00 bits per heavy atom. The van der Waals surface area contributed by atoms with Crippen LogP contribution in [0.3, 0.4) is 0 Å². The number of anilines is 1. The molecule has 0 saturated carbocycles. The fourth-order valence-electron chi connectivity index (χ4n) is 1.12. The van der Waals surface area contributed by atoms with Crippen molar-refractivity contribution in [1.29, 1.82) is 0 Å². The average Bonchev–Trinajstić information content (AvgIpc) is 2.04. The van der Waals surface area contributed by atoms with Crippen molar-refractivity contribution in [2.24, 2.45) is 0 Å². The van der Waals surface area contributed by atoms with Crippen molar-refractivity contribution in [2.45, 2.75) is 25.8 Å². The van der Waals surface area contributed by atoms with E-state index in [0.29, 0.717) is 5.88 Å². The van der Waals surface area contributed by atoms with E-state index in [1.165, 1.54) is 0 Å². The normalized spacial score (nSPS) is 11.3. The minimum Gasteiger partial charge on any atom is -0.380 e. The van der Waals surface area contributed by atoms with Crippen LogP contribution in [0, 0.1) is 0 Å². The highest BCUT2D eigenvalue weighted by Gasteiger charge is 2.15. The summed E-state index contributed by atoms with van der Waals surface area (Å²) in [4.78, 5) is 3.96. The van der Waals surface area contributed by atoms with Crippen LogP contribution in [-0.2, 0) is 0 Å². The number of nitrogens with zero attached hydrogens (tertiary/aromatic N) is 1. The summed E-state index contributed by atoms with van der Waals surface area (Å²) >= 11 is 5.70. The average molecular weight is 199 g/mol. The Hall–Kier alpha value is -0.760. The Kier molecular flexibility index (Phi) is 3.55. The zero-order chi connectivity index (χ0) is 9.73. The molecule has 0 bridgehead atoms. The molecule has 13 heavy (non-hydrogen) atoms. The van der Waals surface area contributed by atoms with E-state index in [1.807, 2.05) is 12.1 Å². The lowest BCUT2D eigenvalue weighted by atomic mass is 10.0. The van der Waals surface area contributed by atoms with Gasteiger partial charge in [-0.1, -0.05) is 0 Å². The number of halogens is 1. The molecular weight excluding hydrogens is 184 g/mol. The van der Waals surface area contributed by atoms with Crippen LogP contribution in [-0.4, -0.2) is 16.4 Å². The summed E-state index contributed by atoms with van der Waals surface area (Å²) in [5.41, 5.74) is 1.13. The molecule has 0 fully saturated rings. The lowest BCUT2D eigenvalue weighted by molar-refractivity contribution is 0.550. The molecule has 0 atom stereocenters. The van der Waals surface area contributed by atoms with E-state index in [2.05, 4.69) is 24.1 Å². The summed E-state index contributed by atoms with van der Waals surface area (Å²) in [6.45, 7) is 4.27. The van der Waals surface area contributed by atoms with Crippen LogP contribution in [0.5, 0.6) is 0 Å². The highest BCUT2D eigenvalue weighted by molar-refractivity contribution is 6.17. The maximum absolute atomic E-state index is 5.70. The number of alkyl halides is 1. The van der Waals surface area contributed by atoms with Crippen LogP contribution in [0.2, 0.25) is 0 Å². The molecule has 0 amide bonds. The van der Waals surface area contributed by atoms with Crippen LogP contribution < -0.4 is 5.32 Å². The molecule has 0 aliphatic carbocycles. The molecule has 72 valence electrons. The van der Waals surface area contributed by atoms with Gasteiger partial charge in [-0.15, -0.1) is 11.6 Å². The smallest absolute Gasteiger partial charge is 0.0375 e. The summed E-state index contributed by atoms with van der Waals surface area (Å²) < 4.78 is 0. The summed E-state index contributed by atoms with van der Waals surface area (Å²) in [6.07, 6.45) is 4.50. The number of pyridine rings is 1. The van der Waals surface area contributed by atoms with Crippen LogP contribution in [0.25, 0.3) is 0 Å². The first-order chi connectivity index (χ1) is 6.14. The number of hydrogen-bond acceptors (Lipinski definition) is 2. The third kappa shape index (κ3) is 3.64. The number of rotatable bonds is 4. The van der Waals surface area contributed by atoms with Crippen molar-refractivity contribution in [2.75, 3.05) is 11.2 Å². The molecule has 0 spiro atoms. The maximum Gasteiger partial charge on any atom is 0.0375 e. The van der Waals surface area contributed by atoms with Crippen LogP contribution in [0.15, 0.2) is 24.5 Å². The molecule has 0 unspecified atom stereocenters. The summed E-state index contributed by atoms with van der Waals surface area (Å²) in [5.74, 6) is 0.672. The molecule has 0 saturated heterocycles. The van der Waals surface area contributed by atoms with Gasteiger partial charge in [0.1, 0.15) is 0 Å². The summed E-state index contributed by atoms with van der Waals surface area (Å²) in [7, 11) is 0. The van der Waals surface area contributed by atoms with Gasteiger partial charge in [-0.05, 0) is 32.4 Å². The van der Waals surface area contributed by atoms with Crippen molar-refractivity contribution < 1.29 is 0 Å². The number of aromatic nitrogens is 1. The van der Waals surface area contributed by atoms with E-state index in [1.54, 1.807) is 12.4 Å². The number of nitrogens with one attached hydrogen (secondary N) is 1. The molecule has 1 N–H and O–H groups in total. The third-order valence-electron chi connectivity index (χ3n) is 1.88. The Morgan fingerprint density at radius 1 is 1.38 bits per heavy atom. The van der Waals surface area contributed by atoms with Gasteiger partial charge in [-0.2, -0.15) is 0 Å². The van der Waals surface area contributed by atoms with E-state index in [4.69, 9.17) is 11.6 Å². The first-order valence-corrected chi connectivity index (χ1v) is 4.92. The number of hydrogen-bond donors (Lipinski definition) is 1. The van der Waals surface area contributed by atoms with Gasteiger partial charge in [0.2, 0.25) is 0 Å². The highest BCUT2D eigenvalue weighted by atomic mass is 35.5. The minimum atomic E-state index is 0.0447. The molecule has 0 radical (unpaired) electrons. The molecule has 0 aliphatic rings. The minimum absolute atomic E-state index is 0.0447. The fraction of sp³-hybridized carbons (Fsp3) is 0.500. The van der Waals surface area contributed by atoms with Crippen molar-refractivity contribution in [3.63, 3.8) is 0 Å². The van der Waals surface area contributed by atoms with Gasteiger partial charge in [-0.25, -0.2) is 0 Å². The Morgan fingerprint density at radius 3 is 2.54 bits per heavy atom. The van der Waals surface area contributed by atoms with Gasteiger partial charge >= 0.3 is 0 Å². The monoisotopic (exact) mass is 198 g/mol. The predicted octanol–water partition coefficient (Wildman–Crippen LogP) is 2.90. The van der Waals surface area contributed by atoms with Crippen LogP contribution in [0.1, 0.15) is 20.3 Å². The molecular formula is C10H15ClN2. The molecule has 1 heterocycles. The van der Waals surface area contributed by atoms with Gasteiger partial charge in [0.25, 0.3) is 0 Å². The molecule has 3 heteroatoms. The van der Waals surface area contributed by atoms with E-state index in [9.17, 15) is 0 Å². The lowest BCUT2D eigenvalue weighted by Gasteiger charge is -2.26. The second-order valence-electron chi connectivity index (χ2n) is 3.68. The molecule has 1 rings (SSSR count). The van der Waals surface area contributed by atoms with E-state index in [-0.39, 0.29) is 5.54 Å². The van der Waals surface area contributed by atoms with Gasteiger partial charge in [0.05, 0.1) is 0 Å². The highest BCUT2D eigenvalue weighted by Crippen LogP contribution is 2.17. The van der Waals surface area contributed by atoms with Gasteiger partial charge in [-0.3, -0.25) is 4.98 Å². The largest absolute Gasteiger partial charge is 0.380 e. The molecule has 0 aromatic carbocycles. The molecule has 1 aromatic rings. The van der Waals surface area contributed by atoms with Crippen LogP contribution >= 0.6 is 11.6 Å². The zero-order valence-electron chi connectivity index (χ0n) is 8.05. The fourth-order valence-corrected chi connectivity index (χ4v) is 1.60. The van der Waals surface area contributed by atoms with Gasteiger partial charge in [0, 0.05) is 29.5 Å². The zero-order valence-corrected chi connectivity index (χ0v) is 8.80.